The van der Waals surface area contributed by atoms with Crippen molar-refractivity contribution < 1.29 is 41.0 Å². The summed E-state index contributed by atoms with van der Waals surface area (Å²) in [5.41, 5.74) is -6.21. The molecule has 138 valence electrons. The molecule has 2 aliphatic carbocycles. The molecule has 0 saturated heterocycles. The van der Waals surface area contributed by atoms with Crippen molar-refractivity contribution in [2.24, 2.45) is 11.8 Å². The van der Waals surface area contributed by atoms with E-state index in [4.69, 9.17) is 4.74 Å². The number of esters is 1. The largest absolute Gasteiger partial charge is 0.455 e. The van der Waals surface area contributed by atoms with Crippen LogP contribution in [0.3, 0.4) is 0 Å². The van der Waals surface area contributed by atoms with Crippen molar-refractivity contribution in [3.63, 3.8) is 0 Å². The first-order valence-electron chi connectivity index (χ1n) is 7.46. The molecule has 0 heterocycles. The summed E-state index contributed by atoms with van der Waals surface area (Å²) in [6, 6.07) is 0. The normalized spacial score (nSPS) is 30.5. The lowest BCUT2D eigenvalue weighted by atomic mass is 9.77. The first-order chi connectivity index (χ1) is 10.7. The van der Waals surface area contributed by atoms with E-state index in [9.17, 15) is 36.2 Å². The monoisotopic (exact) mass is 360 g/mol. The second-order valence-corrected chi connectivity index (χ2v) is 6.84. The number of aliphatic hydroxyl groups is 1. The van der Waals surface area contributed by atoms with E-state index in [0.29, 0.717) is 6.42 Å². The highest BCUT2D eigenvalue weighted by Crippen LogP contribution is 2.58. The predicted octanol–water partition coefficient (Wildman–Crippen LogP) is 3.91. The fourth-order valence-corrected chi connectivity index (χ4v) is 3.80. The lowest BCUT2D eigenvalue weighted by Crippen LogP contribution is -2.59. The molecule has 0 aliphatic heterocycles. The van der Waals surface area contributed by atoms with Crippen molar-refractivity contribution in [2.75, 3.05) is 0 Å². The van der Waals surface area contributed by atoms with E-state index in [1.54, 1.807) is 0 Å². The van der Waals surface area contributed by atoms with Gasteiger partial charge in [0.05, 0.1) is 0 Å². The zero-order valence-corrected chi connectivity index (χ0v) is 12.9. The van der Waals surface area contributed by atoms with Gasteiger partial charge in [-0.3, -0.25) is 0 Å². The average molecular weight is 360 g/mol. The zero-order chi connectivity index (χ0) is 18.6. The molecule has 2 bridgehead atoms. The molecule has 0 amide bonds. The van der Waals surface area contributed by atoms with Gasteiger partial charge in [-0.2, -0.15) is 26.3 Å². The molecule has 2 aliphatic rings. The number of carbonyl (C=O) groups is 1. The fraction of sp³-hybridized carbons (Fsp3) is 0.800. The van der Waals surface area contributed by atoms with Crippen molar-refractivity contribution in [3.05, 3.63) is 12.2 Å². The van der Waals surface area contributed by atoms with Gasteiger partial charge in [0.25, 0.3) is 5.60 Å². The smallest absolute Gasteiger partial charge is 0.426 e. The molecule has 0 aromatic rings. The van der Waals surface area contributed by atoms with Crippen LogP contribution in [0.25, 0.3) is 0 Å². The fourth-order valence-electron chi connectivity index (χ4n) is 3.80. The molecule has 2 fully saturated rings. The Morgan fingerprint density at radius 2 is 1.79 bits per heavy atom. The van der Waals surface area contributed by atoms with Crippen molar-refractivity contribution in [3.8, 4) is 0 Å². The van der Waals surface area contributed by atoms with Crippen LogP contribution in [0, 0.1) is 11.8 Å². The number of hydrogen-bond donors (Lipinski definition) is 1. The maximum atomic E-state index is 12.9. The lowest BCUT2D eigenvalue weighted by Gasteiger charge is -2.40. The summed E-state index contributed by atoms with van der Waals surface area (Å²) in [7, 11) is 0. The summed E-state index contributed by atoms with van der Waals surface area (Å²) < 4.78 is 82.8. The molecule has 0 aromatic carbocycles. The predicted molar refractivity (Wildman–Crippen MR) is 70.8 cm³/mol. The topological polar surface area (TPSA) is 46.5 Å². The van der Waals surface area contributed by atoms with Crippen molar-refractivity contribution >= 4 is 5.97 Å². The summed E-state index contributed by atoms with van der Waals surface area (Å²) in [6.45, 7) is 4.71. The Labute approximate surface area is 134 Å². The minimum Gasteiger partial charge on any atom is -0.455 e. The first kappa shape index (κ1) is 19.1. The summed E-state index contributed by atoms with van der Waals surface area (Å²) in [4.78, 5) is 11.8. The molecular formula is C15H18F6O3. The third-order valence-corrected chi connectivity index (χ3v) is 5.10. The third kappa shape index (κ3) is 3.02. The zero-order valence-electron chi connectivity index (χ0n) is 12.9. The lowest BCUT2D eigenvalue weighted by molar-refractivity contribution is -0.374. The summed E-state index contributed by atoms with van der Waals surface area (Å²) >= 11 is 0. The van der Waals surface area contributed by atoms with Gasteiger partial charge in [0.2, 0.25) is 0 Å². The van der Waals surface area contributed by atoms with Gasteiger partial charge >= 0.3 is 18.3 Å². The van der Waals surface area contributed by atoms with Gasteiger partial charge in [0.15, 0.2) is 0 Å². The molecule has 2 saturated carbocycles. The maximum absolute atomic E-state index is 12.9. The van der Waals surface area contributed by atoms with Gasteiger partial charge in [-0.05, 0) is 38.5 Å². The molecule has 3 nitrogen and oxygen atoms in total. The Morgan fingerprint density at radius 1 is 1.25 bits per heavy atom. The van der Waals surface area contributed by atoms with Crippen molar-refractivity contribution in [1.29, 1.82) is 0 Å². The SMILES string of the molecule is C=C(C)C(=O)OC12CCC(CC1CC(O)(C(F)(F)F)C(F)(F)F)C2. The second-order valence-electron chi connectivity index (χ2n) is 6.84. The second kappa shape index (κ2) is 5.64. The van der Waals surface area contributed by atoms with Crippen LogP contribution in [0.15, 0.2) is 12.2 Å². The summed E-state index contributed by atoms with van der Waals surface area (Å²) in [6.07, 6.45) is -12.3. The maximum Gasteiger partial charge on any atom is 0.426 e. The molecule has 9 heteroatoms. The molecule has 3 unspecified atom stereocenters. The van der Waals surface area contributed by atoms with Crippen LogP contribution < -0.4 is 0 Å². The summed E-state index contributed by atoms with van der Waals surface area (Å²) in [5.74, 6) is -2.17. The van der Waals surface area contributed by atoms with E-state index >= 15 is 0 Å². The number of hydrogen-bond acceptors (Lipinski definition) is 3. The molecule has 24 heavy (non-hydrogen) atoms. The molecule has 2 rings (SSSR count). The highest BCUT2D eigenvalue weighted by atomic mass is 19.4. The molecule has 0 spiro atoms. The highest BCUT2D eigenvalue weighted by molar-refractivity contribution is 5.87. The van der Waals surface area contributed by atoms with Crippen LogP contribution in [-0.4, -0.2) is 34.6 Å². The quantitative estimate of drug-likeness (QED) is 0.470. The molecule has 1 N–H and O–H groups in total. The standard InChI is InChI=1S/C15H18F6O3/c1-8(2)11(22)24-12-4-3-9(6-12)5-10(12)7-13(23,14(16,17)18)15(19,20)21/h9-10,23H,1,3-7H2,2H3. The van der Waals surface area contributed by atoms with Crippen LogP contribution in [0.1, 0.15) is 39.0 Å². The van der Waals surface area contributed by atoms with Gasteiger partial charge in [0, 0.05) is 17.9 Å². The minimum absolute atomic E-state index is 0.0142. The van der Waals surface area contributed by atoms with Crippen LogP contribution >= 0.6 is 0 Å². The highest BCUT2D eigenvalue weighted by Gasteiger charge is 2.72. The number of halogens is 6. The van der Waals surface area contributed by atoms with Crippen molar-refractivity contribution in [1.82, 2.24) is 0 Å². The van der Waals surface area contributed by atoms with Crippen LogP contribution in [0.4, 0.5) is 26.3 Å². The van der Waals surface area contributed by atoms with Gasteiger partial charge in [-0.15, -0.1) is 0 Å². The van der Waals surface area contributed by atoms with Crippen molar-refractivity contribution in [2.45, 2.75) is 62.6 Å². The molecule has 0 aromatic heterocycles. The Kier molecular flexibility index (Phi) is 4.48. The Balaban J connectivity index is 2.30. The Hall–Kier alpha value is -1.25. The van der Waals surface area contributed by atoms with E-state index in [-0.39, 0.29) is 30.8 Å². The van der Waals surface area contributed by atoms with E-state index in [1.807, 2.05) is 0 Å². The van der Waals surface area contributed by atoms with Gasteiger partial charge < -0.3 is 9.84 Å². The number of ether oxygens (including phenoxy) is 1. The van der Waals surface area contributed by atoms with E-state index in [0.717, 1.165) is 0 Å². The number of rotatable bonds is 4. The van der Waals surface area contributed by atoms with E-state index < -0.39 is 41.9 Å². The Morgan fingerprint density at radius 3 is 2.21 bits per heavy atom. The van der Waals surface area contributed by atoms with Crippen LogP contribution in [0.2, 0.25) is 0 Å². The minimum atomic E-state index is -5.87. The number of fused-ring (bicyclic) bond motifs is 2. The van der Waals surface area contributed by atoms with Gasteiger partial charge in [-0.25, -0.2) is 4.79 Å². The number of alkyl halides is 6. The van der Waals surface area contributed by atoms with Crippen LogP contribution in [-0.2, 0) is 9.53 Å². The number of carbonyl (C=O) groups excluding carboxylic acids is 1. The Bertz CT molecular complexity index is 524. The van der Waals surface area contributed by atoms with Gasteiger partial charge in [0.1, 0.15) is 5.60 Å². The summed E-state index contributed by atoms with van der Waals surface area (Å²) in [5, 5.41) is 9.42. The molecule has 3 atom stereocenters. The first-order valence-corrected chi connectivity index (χ1v) is 7.46. The molecular weight excluding hydrogens is 342 g/mol. The molecule has 0 radical (unpaired) electrons. The average Bonchev–Trinajstić information content (AvgIpc) is 2.93. The van der Waals surface area contributed by atoms with Gasteiger partial charge in [-0.1, -0.05) is 6.58 Å². The third-order valence-electron chi connectivity index (χ3n) is 5.10. The van der Waals surface area contributed by atoms with Crippen LogP contribution in [0.5, 0.6) is 0 Å². The van der Waals surface area contributed by atoms with E-state index in [1.165, 1.54) is 6.92 Å². The van der Waals surface area contributed by atoms with E-state index in [2.05, 4.69) is 6.58 Å².